The van der Waals surface area contributed by atoms with E-state index in [0.29, 0.717) is 6.04 Å². The lowest BCUT2D eigenvalue weighted by Crippen LogP contribution is -2.54. The van der Waals surface area contributed by atoms with Crippen LogP contribution in [0.1, 0.15) is 59.8 Å². The van der Waals surface area contributed by atoms with Crippen molar-refractivity contribution in [2.75, 3.05) is 13.6 Å². The topological polar surface area (TPSA) is 15.3 Å². The summed E-state index contributed by atoms with van der Waals surface area (Å²) >= 11 is 0. The van der Waals surface area contributed by atoms with Gasteiger partial charge in [-0.25, -0.2) is 0 Å². The van der Waals surface area contributed by atoms with Crippen LogP contribution in [0.5, 0.6) is 0 Å². The van der Waals surface area contributed by atoms with E-state index >= 15 is 0 Å². The van der Waals surface area contributed by atoms with Gasteiger partial charge in [-0.15, -0.1) is 0 Å². The first kappa shape index (κ1) is 15.0. The van der Waals surface area contributed by atoms with Crippen molar-refractivity contribution in [2.24, 2.45) is 5.92 Å². The molecule has 1 aliphatic heterocycles. The van der Waals surface area contributed by atoms with E-state index in [-0.39, 0.29) is 0 Å². The molecule has 1 aliphatic rings. The molecule has 1 rings (SSSR count). The van der Waals surface area contributed by atoms with E-state index < -0.39 is 0 Å². The van der Waals surface area contributed by atoms with Gasteiger partial charge in [0.25, 0.3) is 0 Å². The summed E-state index contributed by atoms with van der Waals surface area (Å²) in [6, 6.07) is 2.15. The van der Waals surface area contributed by atoms with Gasteiger partial charge in [0.2, 0.25) is 0 Å². The van der Waals surface area contributed by atoms with E-state index in [1.807, 2.05) is 0 Å². The highest BCUT2D eigenvalue weighted by atomic mass is 15.2. The standard InChI is InChI=1S/C15H32N2/c1-6-8-14(16-5)15(7-2)17-10-9-12(3)11-13(17)4/h12-16H,6-11H2,1-5H3. The van der Waals surface area contributed by atoms with E-state index in [4.69, 9.17) is 0 Å². The fraction of sp³-hybridized carbons (Fsp3) is 1.00. The Hall–Kier alpha value is -0.0800. The summed E-state index contributed by atoms with van der Waals surface area (Å²) in [5.41, 5.74) is 0. The maximum atomic E-state index is 3.54. The molecule has 2 heteroatoms. The lowest BCUT2D eigenvalue weighted by atomic mass is 9.89. The van der Waals surface area contributed by atoms with Gasteiger partial charge in [0.1, 0.15) is 0 Å². The van der Waals surface area contributed by atoms with Crippen LogP contribution in [0, 0.1) is 5.92 Å². The molecule has 0 bridgehead atoms. The third kappa shape index (κ3) is 3.96. The molecule has 1 N–H and O–H groups in total. The monoisotopic (exact) mass is 240 g/mol. The van der Waals surface area contributed by atoms with Gasteiger partial charge < -0.3 is 5.32 Å². The van der Waals surface area contributed by atoms with Crippen LogP contribution in [0.4, 0.5) is 0 Å². The smallest absolute Gasteiger partial charge is 0.0249 e. The van der Waals surface area contributed by atoms with E-state index in [9.17, 15) is 0 Å². The van der Waals surface area contributed by atoms with E-state index in [2.05, 4.69) is 45.0 Å². The SMILES string of the molecule is CCCC(NC)C(CC)N1CCC(C)CC1C. The maximum Gasteiger partial charge on any atom is 0.0249 e. The van der Waals surface area contributed by atoms with Gasteiger partial charge >= 0.3 is 0 Å². The zero-order valence-electron chi connectivity index (χ0n) is 12.5. The Morgan fingerprint density at radius 3 is 2.47 bits per heavy atom. The number of hydrogen-bond acceptors (Lipinski definition) is 2. The largest absolute Gasteiger partial charge is 0.315 e. The Morgan fingerprint density at radius 1 is 1.29 bits per heavy atom. The third-order valence-corrected chi connectivity index (χ3v) is 4.47. The average Bonchev–Trinajstić information content (AvgIpc) is 2.31. The number of likely N-dealkylation sites (N-methyl/N-ethyl adjacent to an activating group) is 1. The number of likely N-dealkylation sites (tertiary alicyclic amines) is 1. The van der Waals surface area contributed by atoms with Crippen molar-refractivity contribution in [3.8, 4) is 0 Å². The molecule has 1 fully saturated rings. The molecule has 102 valence electrons. The summed E-state index contributed by atoms with van der Waals surface area (Å²) in [5, 5.41) is 3.54. The Labute approximate surface area is 108 Å². The summed E-state index contributed by atoms with van der Waals surface area (Å²) in [4.78, 5) is 2.76. The fourth-order valence-electron chi connectivity index (χ4n) is 3.51. The van der Waals surface area contributed by atoms with Crippen molar-refractivity contribution in [1.82, 2.24) is 10.2 Å². The summed E-state index contributed by atoms with van der Waals surface area (Å²) in [6.07, 6.45) is 6.60. The van der Waals surface area contributed by atoms with E-state index in [0.717, 1.165) is 18.0 Å². The molecular weight excluding hydrogens is 208 g/mol. The predicted octanol–water partition coefficient (Wildman–Crippen LogP) is 3.27. The summed E-state index contributed by atoms with van der Waals surface area (Å²) < 4.78 is 0. The van der Waals surface area contributed by atoms with Crippen molar-refractivity contribution in [3.05, 3.63) is 0 Å². The first-order valence-electron chi connectivity index (χ1n) is 7.56. The number of piperidine rings is 1. The van der Waals surface area contributed by atoms with Gasteiger partial charge in [0, 0.05) is 18.1 Å². The molecule has 4 atom stereocenters. The summed E-state index contributed by atoms with van der Waals surface area (Å²) in [6.45, 7) is 10.7. The fourth-order valence-corrected chi connectivity index (χ4v) is 3.51. The molecule has 1 saturated heterocycles. The number of nitrogens with zero attached hydrogens (tertiary/aromatic N) is 1. The Kier molecular flexibility index (Phi) is 6.50. The molecule has 1 heterocycles. The quantitative estimate of drug-likeness (QED) is 0.766. The lowest BCUT2D eigenvalue weighted by molar-refractivity contribution is 0.0587. The van der Waals surface area contributed by atoms with Crippen LogP contribution in [0.2, 0.25) is 0 Å². The molecule has 2 nitrogen and oxygen atoms in total. The number of rotatable bonds is 6. The van der Waals surface area contributed by atoms with E-state index in [1.54, 1.807) is 0 Å². The minimum absolute atomic E-state index is 0.667. The first-order valence-corrected chi connectivity index (χ1v) is 7.56. The van der Waals surface area contributed by atoms with Crippen LogP contribution in [0.15, 0.2) is 0 Å². The first-order chi connectivity index (χ1) is 8.13. The molecular formula is C15H32N2. The van der Waals surface area contributed by atoms with Gasteiger partial charge in [0.15, 0.2) is 0 Å². The van der Waals surface area contributed by atoms with Crippen LogP contribution in [0.3, 0.4) is 0 Å². The summed E-state index contributed by atoms with van der Waals surface area (Å²) in [5.74, 6) is 0.915. The van der Waals surface area contributed by atoms with Gasteiger partial charge in [-0.1, -0.05) is 27.2 Å². The van der Waals surface area contributed by atoms with Gasteiger partial charge in [-0.3, -0.25) is 4.90 Å². The lowest BCUT2D eigenvalue weighted by Gasteiger charge is -2.44. The molecule has 0 radical (unpaired) electrons. The van der Waals surface area contributed by atoms with Gasteiger partial charge in [-0.05, 0) is 52.1 Å². The second-order valence-corrected chi connectivity index (χ2v) is 5.88. The number of hydrogen-bond donors (Lipinski definition) is 1. The molecule has 0 saturated carbocycles. The van der Waals surface area contributed by atoms with E-state index in [1.165, 1.54) is 38.6 Å². The Balaban J connectivity index is 2.64. The normalized spacial score (nSPS) is 30.2. The van der Waals surface area contributed by atoms with Crippen LogP contribution in [0.25, 0.3) is 0 Å². The molecule has 4 unspecified atom stereocenters. The van der Waals surface area contributed by atoms with Crippen molar-refractivity contribution < 1.29 is 0 Å². The molecule has 0 aliphatic carbocycles. The van der Waals surface area contributed by atoms with Crippen LogP contribution in [-0.4, -0.2) is 36.6 Å². The van der Waals surface area contributed by atoms with Gasteiger partial charge in [0.05, 0.1) is 0 Å². The highest BCUT2D eigenvalue weighted by Gasteiger charge is 2.31. The Morgan fingerprint density at radius 2 is 2.00 bits per heavy atom. The number of nitrogens with one attached hydrogen (secondary N) is 1. The minimum Gasteiger partial charge on any atom is -0.315 e. The predicted molar refractivity (Wildman–Crippen MR) is 76.4 cm³/mol. The molecule has 17 heavy (non-hydrogen) atoms. The van der Waals surface area contributed by atoms with Crippen LogP contribution >= 0.6 is 0 Å². The molecule has 0 spiro atoms. The van der Waals surface area contributed by atoms with Gasteiger partial charge in [-0.2, -0.15) is 0 Å². The van der Waals surface area contributed by atoms with Crippen LogP contribution < -0.4 is 5.32 Å². The highest BCUT2D eigenvalue weighted by Crippen LogP contribution is 2.27. The second-order valence-electron chi connectivity index (χ2n) is 5.88. The molecule has 0 amide bonds. The Bertz CT molecular complexity index is 205. The highest BCUT2D eigenvalue weighted by molar-refractivity contribution is 4.88. The van der Waals surface area contributed by atoms with Crippen molar-refractivity contribution >= 4 is 0 Å². The minimum atomic E-state index is 0.667. The second kappa shape index (κ2) is 7.38. The maximum absolute atomic E-state index is 3.54. The molecule has 0 aromatic rings. The van der Waals surface area contributed by atoms with Crippen molar-refractivity contribution in [3.63, 3.8) is 0 Å². The molecule has 0 aromatic heterocycles. The zero-order chi connectivity index (χ0) is 12.8. The molecule has 0 aromatic carbocycles. The average molecular weight is 240 g/mol. The van der Waals surface area contributed by atoms with Crippen molar-refractivity contribution in [2.45, 2.75) is 77.9 Å². The summed E-state index contributed by atoms with van der Waals surface area (Å²) in [7, 11) is 2.13. The third-order valence-electron chi connectivity index (χ3n) is 4.47. The van der Waals surface area contributed by atoms with Crippen LogP contribution in [-0.2, 0) is 0 Å². The zero-order valence-corrected chi connectivity index (χ0v) is 12.5. The van der Waals surface area contributed by atoms with Crippen molar-refractivity contribution in [1.29, 1.82) is 0 Å².